The van der Waals surface area contributed by atoms with Crippen LogP contribution in [0.25, 0.3) is 11.1 Å². The minimum atomic E-state index is -1.11. The molecular formula is C18H16O4. The average molecular weight is 296 g/mol. The first-order valence-electron chi connectivity index (χ1n) is 7.21. The summed E-state index contributed by atoms with van der Waals surface area (Å²) >= 11 is 0. The molecular weight excluding hydrogens is 280 g/mol. The molecule has 1 aliphatic carbocycles. The van der Waals surface area contributed by atoms with Gasteiger partial charge in [-0.3, -0.25) is 0 Å². The number of carbonyl (C=O) groups is 2. The highest BCUT2D eigenvalue weighted by molar-refractivity contribution is 6.02. The van der Waals surface area contributed by atoms with Gasteiger partial charge in [0.05, 0.1) is 11.1 Å². The highest BCUT2D eigenvalue weighted by atomic mass is 16.4. The third-order valence-corrected chi connectivity index (χ3v) is 4.32. The summed E-state index contributed by atoms with van der Waals surface area (Å²) in [6.45, 7) is 1.55. The van der Waals surface area contributed by atoms with Gasteiger partial charge in [-0.25, -0.2) is 9.59 Å². The smallest absolute Gasteiger partial charge is 0.336 e. The summed E-state index contributed by atoms with van der Waals surface area (Å²) < 4.78 is 0. The lowest BCUT2D eigenvalue weighted by atomic mass is 9.91. The number of aromatic carboxylic acids is 2. The Balaban J connectivity index is 2.20. The number of hydrogen-bond donors (Lipinski definition) is 2. The van der Waals surface area contributed by atoms with E-state index in [4.69, 9.17) is 5.11 Å². The van der Waals surface area contributed by atoms with E-state index in [1.54, 1.807) is 13.0 Å². The predicted molar refractivity (Wildman–Crippen MR) is 82.6 cm³/mol. The van der Waals surface area contributed by atoms with Gasteiger partial charge < -0.3 is 10.2 Å². The van der Waals surface area contributed by atoms with E-state index in [1.807, 2.05) is 18.2 Å². The van der Waals surface area contributed by atoms with Gasteiger partial charge in [-0.15, -0.1) is 0 Å². The van der Waals surface area contributed by atoms with E-state index in [1.165, 1.54) is 17.2 Å². The Morgan fingerprint density at radius 1 is 0.955 bits per heavy atom. The lowest BCUT2D eigenvalue weighted by molar-refractivity contribution is 0.0696. The molecule has 3 rings (SSSR count). The molecule has 1 aliphatic rings. The van der Waals surface area contributed by atoms with Crippen LogP contribution in [0.4, 0.5) is 0 Å². The Labute approximate surface area is 128 Å². The van der Waals surface area contributed by atoms with Gasteiger partial charge in [-0.1, -0.05) is 24.3 Å². The van der Waals surface area contributed by atoms with Crippen LogP contribution in [-0.4, -0.2) is 22.2 Å². The van der Waals surface area contributed by atoms with Gasteiger partial charge in [0.2, 0.25) is 0 Å². The first-order chi connectivity index (χ1) is 10.5. The molecule has 0 heterocycles. The molecule has 22 heavy (non-hydrogen) atoms. The van der Waals surface area contributed by atoms with Crippen LogP contribution in [0.1, 0.15) is 43.8 Å². The van der Waals surface area contributed by atoms with Crippen molar-refractivity contribution < 1.29 is 19.8 Å². The topological polar surface area (TPSA) is 74.6 Å². The molecule has 0 unspecified atom stereocenters. The molecule has 2 N–H and O–H groups in total. The fraction of sp³-hybridized carbons (Fsp3) is 0.222. The first-order valence-corrected chi connectivity index (χ1v) is 7.21. The Kier molecular flexibility index (Phi) is 3.45. The molecule has 2 aromatic carbocycles. The van der Waals surface area contributed by atoms with E-state index < -0.39 is 11.9 Å². The molecule has 0 spiro atoms. The van der Waals surface area contributed by atoms with Crippen molar-refractivity contribution in [2.45, 2.75) is 26.2 Å². The van der Waals surface area contributed by atoms with Gasteiger partial charge in [-0.05, 0) is 60.1 Å². The van der Waals surface area contributed by atoms with Crippen LogP contribution in [0.15, 0.2) is 30.3 Å². The van der Waals surface area contributed by atoms with E-state index in [9.17, 15) is 14.7 Å². The normalized spacial score (nSPS) is 13.0. The largest absolute Gasteiger partial charge is 0.478 e. The minimum Gasteiger partial charge on any atom is -0.478 e. The number of hydrogen-bond acceptors (Lipinski definition) is 2. The molecule has 0 fully saturated rings. The van der Waals surface area contributed by atoms with E-state index in [0.717, 1.165) is 24.8 Å². The molecule has 4 heteroatoms. The van der Waals surface area contributed by atoms with Crippen molar-refractivity contribution in [1.82, 2.24) is 0 Å². The number of fused-ring (bicyclic) bond motifs is 1. The molecule has 0 amide bonds. The maximum atomic E-state index is 11.6. The van der Waals surface area contributed by atoms with Crippen LogP contribution in [0.2, 0.25) is 0 Å². The van der Waals surface area contributed by atoms with Gasteiger partial charge in [0.25, 0.3) is 0 Å². The van der Waals surface area contributed by atoms with Crippen LogP contribution in [0.3, 0.4) is 0 Å². The van der Waals surface area contributed by atoms with Gasteiger partial charge in [0.1, 0.15) is 0 Å². The quantitative estimate of drug-likeness (QED) is 0.908. The number of aryl methyl sites for hydroxylation is 2. The van der Waals surface area contributed by atoms with Gasteiger partial charge >= 0.3 is 11.9 Å². The monoisotopic (exact) mass is 296 g/mol. The van der Waals surface area contributed by atoms with Crippen molar-refractivity contribution in [2.24, 2.45) is 0 Å². The van der Waals surface area contributed by atoms with E-state index in [-0.39, 0.29) is 16.7 Å². The summed E-state index contributed by atoms with van der Waals surface area (Å²) in [7, 11) is 0. The molecule has 0 radical (unpaired) electrons. The molecule has 0 saturated carbocycles. The van der Waals surface area contributed by atoms with Crippen molar-refractivity contribution >= 4 is 11.9 Å². The second-order valence-electron chi connectivity index (χ2n) is 5.61. The van der Waals surface area contributed by atoms with E-state index in [0.29, 0.717) is 5.56 Å². The van der Waals surface area contributed by atoms with Crippen LogP contribution >= 0.6 is 0 Å². The Morgan fingerprint density at radius 2 is 1.68 bits per heavy atom. The van der Waals surface area contributed by atoms with Crippen LogP contribution in [0.5, 0.6) is 0 Å². The van der Waals surface area contributed by atoms with Crippen molar-refractivity contribution in [1.29, 1.82) is 0 Å². The summed E-state index contributed by atoms with van der Waals surface area (Å²) in [5, 5.41) is 18.7. The summed E-state index contributed by atoms with van der Waals surface area (Å²) in [5.41, 5.74) is 4.37. The van der Waals surface area contributed by atoms with Crippen molar-refractivity contribution in [2.75, 3.05) is 0 Å². The van der Waals surface area contributed by atoms with Crippen molar-refractivity contribution in [3.63, 3.8) is 0 Å². The van der Waals surface area contributed by atoms with Gasteiger partial charge in [0, 0.05) is 0 Å². The van der Waals surface area contributed by atoms with Gasteiger partial charge in [-0.2, -0.15) is 0 Å². The fourth-order valence-electron chi connectivity index (χ4n) is 3.20. The highest BCUT2D eigenvalue weighted by Crippen LogP contribution is 2.32. The zero-order valence-electron chi connectivity index (χ0n) is 12.2. The second-order valence-corrected chi connectivity index (χ2v) is 5.61. The van der Waals surface area contributed by atoms with Crippen LogP contribution in [0, 0.1) is 6.92 Å². The average Bonchev–Trinajstić information content (AvgIpc) is 2.93. The lowest BCUT2D eigenvalue weighted by Gasteiger charge is -2.13. The summed E-state index contributed by atoms with van der Waals surface area (Å²) in [6.07, 6.45) is 3.21. The first kappa shape index (κ1) is 14.3. The summed E-state index contributed by atoms with van der Waals surface area (Å²) in [6, 6.07) is 9.07. The van der Waals surface area contributed by atoms with Crippen molar-refractivity contribution in [3.8, 4) is 11.1 Å². The third kappa shape index (κ3) is 2.26. The minimum absolute atomic E-state index is 0.0299. The van der Waals surface area contributed by atoms with Crippen LogP contribution < -0.4 is 0 Å². The van der Waals surface area contributed by atoms with E-state index in [2.05, 4.69) is 0 Å². The zero-order valence-corrected chi connectivity index (χ0v) is 12.2. The highest BCUT2D eigenvalue weighted by Gasteiger charge is 2.21. The Hall–Kier alpha value is -2.62. The summed E-state index contributed by atoms with van der Waals surface area (Å²) in [5.74, 6) is -2.21. The molecule has 0 saturated heterocycles. The molecule has 112 valence electrons. The van der Waals surface area contributed by atoms with Gasteiger partial charge in [0.15, 0.2) is 0 Å². The molecule has 0 atom stereocenters. The number of rotatable bonds is 3. The molecule has 0 aliphatic heterocycles. The maximum absolute atomic E-state index is 11.6. The molecule has 0 aromatic heterocycles. The molecule has 2 aromatic rings. The third-order valence-electron chi connectivity index (χ3n) is 4.32. The number of benzene rings is 2. The lowest BCUT2D eigenvalue weighted by Crippen LogP contribution is -2.09. The Bertz CT molecular complexity index is 790. The SMILES string of the molecule is Cc1c(C(=O)O)ccc(-c2ccc3c(c2)CCC3)c1C(=O)O. The zero-order chi connectivity index (χ0) is 15.9. The predicted octanol–water partition coefficient (Wildman–Crippen LogP) is 3.55. The molecule has 4 nitrogen and oxygen atoms in total. The molecule has 0 bridgehead atoms. The second kappa shape index (κ2) is 5.30. The number of carboxylic acid groups (broad SMARTS) is 2. The fourth-order valence-corrected chi connectivity index (χ4v) is 3.20. The summed E-state index contributed by atoms with van der Waals surface area (Å²) in [4.78, 5) is 22.8. The van der Waals surface area contributed by atoms with E-state index >= 15 is 0 Å². The maximum Gasteiger partial charge on any atom is 0.336 e. The number of carboxylic acids is 2. The van der Waals surface area contributed by atoms with Crippen molar-refractivity contribution in [3.05, 3.63) is 58.1 Å². The Morgan fingerprint density at radius 3 is 2.36 bits per heavy atom. The standard InChI is InChI=1S/C18H16O4/c1-10-14(17(19)20)7-8-15(16(10)18(21)22)13-6-5-11-3-2-4-12(11)9-13/h5-9H,2-4H2,1H3,(H,19,20)(H,21,22). The van der Waals surface area contributed by atoms with Crippen LogP contribution in [-0.2, 0) is 12.8 Å².